The SMILES string of the molecule is COc1ccc(N=Nc2ccc(OCCCCCCN(CCO)CCO)cc2)cc1. The number of benzene rings is 2. The summed E-state index contributed by atoms with van der Waals surface area (Å²) in [6.07, 6.45) is 4.27. The monoisotopic (exact) mass is 415 g/mol. The van der Waals surface area contributed by atoms with Gasteiger partial charge in [0.05, 0.1) is 38.3 Å². The predicted octanol–water partition coefficient (Wildman–Crippen LogP) is 4.34. The molecule has 0 amide bonds. The summed E-state index contributed by atoms with van der Waals surface area (Å²) in [4.78, 5) is 2.09. The molecule has 0 atom stereocenters. The van der Waals surface area contributed by atoms with Crippen LogP contribution in [0.2, 0.25) is 0 Å². The third-order valence-electron chi connectivity index (χ3n) is 4.66. The lowest BCUT2D eigenvalue weighted by Crippen LogP contribution is -2.30. The highest BCUT2D eigenvalue weighted by molar-refractivity contribution is 5.44. The Morgan fingerprint density at radius 1 is 0.700 bits per heavy atom. The van der Waals surface area contributed by atoms with E-state index in [1.165, 1.54) is 0 Å². The number of ether oxygens (including phenoxy) is 2. The van der Waals surface area contributed by atoms with Crippen LogP contribution in [0.5, 0.6) is 11.5 Å². The first-order valence-electron chi connectivity index (χ1n) is 10.5. The Morgan fingerprint density at radius 2 is 1.23 bits per heavy atom. The van der Waals surface area contributed by atoms with E-state index in [0.717, 1.165) is 55.1 Å². The summed E-state index contributed by atoms with van der Waals surface area (Å²) in [5, 5.41) is 26.5. The summed E-state index contributed by atoms with van der Waals surface area (Å²) < 4.78 is 10.9. The van der Waals surface area contributed by atoms with Crippen LogP contribution < -0.4 is 9.47 Å². The lowest BCUT2D eigenvalue weighted by atomic mass is 10.2. The molecule has 2 aromatic rings. The number of methoxy groups -OCH3 is 1. The smallest absolute Gasteiger partial charge is 0.119 e. The lowest BCUT2D eigenvalue weighted by molar-refractivity contribution is 0.159. The van der Waals surface area contributed by atoms with Gasteiger partial charge in [-0.15, -0.1) is 0 Å². The molecule has 0 aromatic heterocycles. The maximum Gasteiger partial charge on any atom is 0.119 e. The molecule has 0 aliphatic heterocycles. The second-order valence-electron chi connectivity index (χ2n) is 6.94. The Hall–Kier alpha value is -2.48. The van der Waals surface area contributed by atoms with E-state index in [9.17, 15) is 0 Å². The fourth-order valence-corrected chi connectivity index (χ4v) is 2.97. The molecule has 2 aromatic carbocycles. The molecule has 0 saturated carbocycles. The molecule has 2 N–H and O–H groups in total. The minimum Gasteiger partial charge on any atom is -0.497 e. The number of rotatable bonds is 15. The van der Waals surface area contributed by atoms with E-state index in [2.05, 4.69) is 15.1 Å². The molecule has 0 spiro atoms. The van der Waals surface area contributed by atoms with Crippen LogP contribution in [0.3, 0.4) is 0 Å². The van der Waals surface area contributed by atoms with Crippen molar-refractivity contribution in [1.29, 1.82) is 0 Å². The number of hydrogen-bond donors (Lipinski definition) is 2. The molecular formula is C23H33N3O4. The van der Waals surface area contributed by atoms with Gasteiger partial charge < -0.3 is 19.7 Å². The van der Waals surface area contributed by atoms with E-state index < -0.39 is 0 Å². The minimum absolute atomic E-state index is 0.134. The summed E-state index contributed by atoms with van der Waals surface area (Å²) in [5.41, 5.74) is 1.54. The molecule has 7 nitrogen and oxygen atoms in total. The van der Waals surface area contributed by atoms with Gasteiger partial charge in [-0.1, -0.05) is 12.8 Å². The van der Waals surface area contributed by atoms with Gasteiger partial charge in [0, 0.05) is 13.1 Å². The van der Waals surface area contributed by atoms with Crippen molar-refractivity contribution in [1.82, 2.24) is 4.90 Å². The zero-order valence-corrected chi connectivity index (χ0v) is 17.7. The van der Waals surface area contributed by atoms with Gasteiger partial charge in [0.2, 0.25) is 0 Å². The van der Waals surface area contributed by atoms with Crippen LogP contribution in [0.25, 0.3) is 0 Å². The number of unbranched alkanes of at least 4 members (excludes halogenated alkanes) is 3. The number of azo groups is 1. The topological polar surface area (TPSA) is 86.9 Å². The second-order valence-corrected chi connectivity index (χ2v) is 6.94. The highest BCUT2D eigenvalue weighted by Gasteiger charge is 2.03. The van der Waals surface area contributed by atoms with Crippen LogP contribution in [-0.2, 0) is 0 Å². The normalized spacial score (nSPS) is 11.3. The molecule has 0 bridgehead atoms. The zero-order chi connectivity index (χ0) is 21.4. The zero-order valence-electron chi connectivity index (χ0n) is 17.7. The summed E-state index contributed by atoms with van der Waals surface area (Å²) in [7, 11) is 1.63. The Kier molecular flexibility index (Phi) is 11.5. The minimum atomic E-state index is 0.134. The van der Waals surface area contributed by atoms with Gasteiger partial charge in [-0.3, -0.25) is 4.90 Å². The van der Waals surface area contributed by atoms with Crippen molar-refractivity contribution in [2.45, 2.75) is 25.7 Å². The van der Waals surface area contributed by atoms with Gasteiger partial charge in [-0.05, 0) is 67.9 Å². The van der Waals surface area contributed by atoms with Gasteiger partial charge in [-0.2, -0.15) is 10.2 Å². The third-order valence-corrected chi connectivity index (χ3v) is 4.66. The standard InChI is InChI=1S/C23H33N3O4/c1-29-22-10-6-20(7-11-22)24-25-21-8-12-23(13-9-21)30-19-5-3-2-4-14-26(15-17-27)16-18-28/h6-13,27-28H,2-5,14-19H2,1H3. The molecule has 0 aliphatic rings. The molecule has 0 radical (unpaired) electrons. The van der Waals surface area contributed by atoms with Crippen LogP contribution in [0, 0.1) is 0 Å². The Bertz CT molecular complexity index is 714. The Labute approximate surface area is 179 Å². The molecule has 0 saturated heterocycles. The second kappa shape index (κ2) is 14.5. The third kappa shape index (κ3) is 9.35. The highest BCUT2D eigenvalue weighted by Crippen LogP contribution is 2.23. The van der Waals surface area contributed by atoms with E-state index in [1.807, 2.05) is 48.5 Å². The summed E-state index contributed by atoms with van der Waals surface area (Å²) >= 11 is 0. The van der Waals surface area contributed by atoms with Crippen LogP contribution in [0.15, 0.2) is 58.8 Å². The van der Waals surface area contributed by atoms with Crippen LogP contribution >= 0.6 is 0 Å². The number of hydrogen-bond acceptors (Lipinski definition) is 7. The van der Waals surface area contributed by atoms with E-state index in [1.54, 1.807) is 7.11 Å². The van der Waals surface area contributed by atoms with Crippen LogP contribution in [-0.4, -0.2) is 61.7 Å². The predicted molar refractivity (Wildman–Crippen MR) is 118 cm³/mol. The summed E-state index contributed by atoms with van der Waals surface area (Å²) in [6, 6.07) is 15.0. The van der Waals surface area contributed by atoms with Gasteiger partial charge in [0.25, 0.3) is 0 Å². The van der Waals surface area contributed by atoms with Crippen molar-refractivity contribution >= 4 is 11.4 Å². The fourth-order valence-electron chi connectivity index (χ4n) is 2.97. The fraction of sp³-hybridized carbons (Fsp3) is 0.478. The molecule has 30 heavy (non-hydrogen) atoms. The van der Waals surface area contributed by atoms with Crippen molar-refractivity contribution in [2.75, 3.05) is 46.6 Å². The average molecular weight is 416 g/mol. The van der Waals surface area contributed by atoms with Crippen molar-refractivity contribution < 1.29 is 19.7 Å². The van der Waals surface area contributed by atoms with E-state index in [0.29, 0.717) is 19.7 Å². The molecule has 0 heterocycles. The quantitative estimate of drug-likeness (QED) is 0.334. The number of aliphatic hydroxyl groups excluding tert-OH is 2. The number of aliphatic hydroxyl groups is 2. The molecule has 0 unspecified atom stereocenters. The van der Waals surface area contributed by atoms with Crippen LogP contribution in [0.1, 0.15) is 25.7 Å². The summed E-state index contributed by atoms with van der Waals surface area (Å²) in [5.74, 6) is 1.62. The van der Waals surface area contributed by atoms with E-state index >= 15 is 0 Å². The van der Waals surface area contributed by atoms with E-state index in [4.69, 9.17) is 19.7 Å². The van der Waals surface area contributed by atoms with Gasteiger partial charge in [0.15, 0.2) is 0 Å². The van der Waals surface area contributed by atoms with Gasteiger partial charge in [-0.25, -0.2) is 0 Å². The van der Waals surface area contributed by atoms with Gasteiger partial charge in [0.1, 0.15) is 11.5 Å². The van der Waals surface area contributed by atoms with Crippen LogP contribution in [0.4, 0.5) is 11.4 Å². The molecule has 2 rings (SSSR count). The Balaban J connectivity index is 1.62. The van der Waals surface area contributed by atoms with E-state index in [-0.39, 0.29) is 13.2 Å². The first kappa shape index (κ1) is 23.8. The first-order chi connectivity index (χ1) is 14.7. The van der Waals surface area contributed by atoms with Crippen molar-refractivity contribution in [2.24, 2.45) is 10.2 Å². The Morgan fingerprint density at radius 3 is 1.77 bits per heavy atom. The maximum absolute atomic E-state index is 9.01. The first-order valence-corrected chi connectivity index (χ1v) is 10.5. The van der Waals surface area contributed by atoms with Gasteiger partial charge >= 0.3 is 0 Å². The summed E-state index contributed by atoms with van der Waals surface area (Å²) in [6.45, 7) is 3.11. The molecular weight excluding hydrogens is 382 g/mol. The largest absolute Gasteiger partial charge is 0.497 e. The van der Waals surface area contributed by atoms with Crippen molar-refractivity contribution in [3.05, 3.63) is 48.5 Å². The van der Waals surface area contributed by atoms with Crippen molar-refractivity contribution in [3.63, 3.8) is 0 Å². The average Bonchev–Trinajstić information content (AvgIpc) is 2.78. The number of nitrogens with zero attached hydrogens (tertiary/aromatic N) is 3. The highest BCUT2D eigenvalue weighted by atomic mass is 16.5. The van der Waals surface area contributed by atoms with Crippen molar-refractivity contribution in [3.8, 4) is 11.5 Å². The molecule has 0 aliphatic carbocycles. The molecule has 0 fully saturated rings. The lowest BCUT2D eigenvalue weighted by Gasteiger charge is -2.19. The molecule has 164 valence electrons. The maximum atomic E-state index is 9.01. The molecule has 7 heteroatoms.